The number of ether oxygens (including phenoxy) is 2. The van der Waals surface area contributed by atoms with E-state index in [0.29, 0.717) is 16.5 Å². The van der Waals surface area contributed by atoms with E-state index in [0.717, 1.165) is 24.4 Å². The van der Waals surface area contributed by atoms with Gasteiger partial charge in [-0.3, -0.25) is 0 Å². The molecular weight excluding hydrogens is 306 g/mol. The Bertz CT molecular complexity index is 703. The smallest absolute Gasteiger partial charge is 0.231 e. The second-order valence-corrected chi connectivity index (χ2v) is 5.93. The van der Waals surface area contributed by atoms with Crippen molar-refractivity contribution in [1.82, 2.24) is 14.9 Å². The third-order valence-electron chi connectivity index (χ3n) is 4.18. The minimum atomic E-state index is 0.132. The molecule has 2 aromatic rings. The molecule has 22 heavy (non-hydrogen) atoms. The first-order valence-corrected chi connectivity index (χ1v) is 7.60. The van der Waals surface area contributed by atoms with Crippen molar-refractivity contribution in [3.8, 4) is 22.9 Å². The molecule has 2 atom stereocenters. The lowest BCUT2D eigenvalue weighted by Gasteiger charge is -2.15. The fourth-order valence-corrected chi connectivity index (χ4v) is 3.29. The molecule has 2 aliphatic heterocycles. The maximum absolute atomic E-state index is 9.28. The normalized spacial score (nSPS) is 23.2. The Balaban J connectivity index is 1.71. The Morgan fingerprint density at radius 3 is 2.95 bits per heavy atom. The van der Waals surface area contributed by atoms with Gasteiger partial charge in [0.15, 0.2) is 11.5 Å². The van der Waals surface area contributed by atoms with E-state index in [-0.39, 0.29) is 25.5 Å². The quantitative estimate of drug-likeness (QED) is 0.902. The fraction of sp³-hybridized carbons (Fsp3) is 0.400. The van der Waals surface area contributed by atoms with Crippen LogP contribution in [0.3, 0.4) is 0 Å². The van der Waals surface area contributed by atoms with Crippen LogP contribution in [0.25, 0.3) is 11.4 Å². The monoisotopic (exact) mass is 321 g/mol. The molecule has 0 radical (unpaired) electrons. The van der Waals surface area contributed by atoms with Gasteiger partial charge in [-0.1, -0.05) is 11.6 Å². The molecule has 2 N–H and O–H groups in total. The Morgan fingerprint density at radius 1 is 1.36 bits per heavy atom. The zero-order chi connectivity index (χ0) is 15.1. The number of aliphatic hydroxyl groups excluding tert-OH is 1. The van der Waals surface area contributed by atoms with E-state index in [2.05, 4.69) is 14.9 Å². The van der Waals surface area contributed by atoms with E-state index >= 15 is 0 Å². The summed E-state index contributed by atoms with van der Waals surface area (Å²) in [5.41, 5.74) is 0.823. The topological polar surface area (TPSA) is 68.5 Å². The van der Waals surface area contributed by atoms with Gasteiger partial charge in [-0.2, -0.15) is 0 Å². The van der Waals surface area contributed by atoms with Crippen LogP contribution in [0.15, 0.2) is 24.5 Å². The summed E-state index contributed by atoms with van der Waals surface area (Å²) in [7, 11) is 0. The molecule has 4 rings (SSSR count). The predicted octanol–water partition coefficient (Wildman–Crippen LogP) is 1.83. The van der Waals surface area contributed by atoms with Crippen LogP contribution in [0.2, 0.25) is 5.02 Å². The van der Waals surface area contributed by atoms with E-state index < -0.39 is 0 Å². The summed E-state index contributed by atoms with van der Waals surface area (Å²) in [6, 6.07) is 4.01. The molecule has 0 aliphatic carbocycles. The number of aromatic nitrogens is 2. The van der Waals surface area contributed by atoms with Crippen LogP contribution < -0.4 is 14.8 Å². The number of hydrogen-bond acceptors (Lipinski definition) is 5. The number of fused-ring (bicyclic) bond motifs is 1. The molecule has 1 fully saturated rings. The Hall–Kier alpha value is -1.76. The number of rotatable bonds is 3. The van der Waals surface area contributed by atoms with Crippen molar-refractivity contribution in [1.29, 1.82) is 0 Å². The molecule has 3 heterocycles. The summed E-state index contributed by atoms with van der Waals surface area (Å²) >= 11 is 6.39. The largest absolute Gasteiger partial charge is 0.454 e. The summed E-state index contributed by atoms with van der Waals surface area (Å²) in [4.78, 5) is 4.46. The van der Waals surface area contributed by atoms with E-state index in [1.807, 2.05) is 12.3 Å². The van der Waals surface area contributed by atoms with Gasteiger partial charge < -0.3 is 24.5 Å². The summed E-state index contributed by atoms with van der Waals surface area (Å²) < 4.78 is 12.9. The number of benzene rings is 1. The molecule has 0 amide bonds. The highest BCUT2D eigenvalue weighted by Crippen LogP contribution is 2.41. The van der Waals surface area contributed by atoms with Gasteiger partial charge in [-0.15, -0.1) is 0 Å². The highest BCUT2D eigenvalue weighted by molar-refractivity contribution is 6.33. The summed E-state index contributed by atoms with van der Waals surface area (Å²) in [5, 5.41) is 13.2. The first kappa shape index (κ1) is 13.9. The number of aliphatic hydroxyl groups is 1. The summed E-state index contributed by atoms with van der Waals surface area (Å²) in [5.74, 6) is 2.15. The molecule has 7 heteroatoms. The molecular formula is C15H16ClN3O3. The average molecular weight is 322 g/mol. The van der Waals surface area contributed by atoms with Crippen LogP contribution >= 0.6 is 11.6 Å². The van der Waals surface area contributed by atoms with Crippen LogP contribution in [-0.4, -0.2) is 40.6 Å². The van der Waals surface area contributed by atoms with Gasteiger partial charge in [0.05, 0.1) is 11.6 Å². The summed E-state index contributed by atoms with van der Waals surface area (Å²) in [6.07, 6.45) is 4.58. The van der Waals surface area contributed by atoms with Gasteiger partial charge in [0.1, 0.15) is 5.82 Å². The number of nitrogens with one attached hydrogen (secondary N) is 1. The minimum absolute atomic E-state index is 0.132. The highest BCUT2D eigenvalue weighted by Gasteiger charge is 2.27. The van der Waals surface area contributed by atoms with Crippen molar-refractivity contribution < 1.29 is 14.6 Å². The number of halogens is 1. The standard InChI is InChI=1S/C15H16ClN3O3/c16-12-5-14-13(21-8-22-14)4-11(12)15-17-1-2-19(15)10-3-9(7-20)18-6-10/h1-2,4-5,9-10,18,20H,3,6-8H2/t9-,10-/m0/s1. The van der Waals surface area contributed by atoms with Crippen LogP contribution in [0.5, 0.6) is 11.5 Å². The highest BCUT2D eigenvalue weighted by atomic mass is 35.5. The van der Waals surface area contributed by atoms with Crippen LogP contribution in [-0.2, 0) is 0 Å². The lowest BCUT2D eigenvalue weighted by Crippen LogP contribution is -2.24. The second-order valence-electron chi connectivity index (χ2n) is 5.52. The number of imidazole rings is 1. The van der Waals surface area contributed by atoms with E-state index in [4.69, 9.17) is 21.1 Å². The van der Waals surface area contributed by atoms with Gasteiger partial charge in [0.2, 0.25) is 6.79 Å². The Labute approximate surface area is 132 Å². The van der Waals surface area contributed by atoms with Gasteiger partial charge in [0, 0.05) is 42.7 Å². The van der Waals surface area contributed by atoms with E-state index in [1.165, 1.54) is 0 Å². The minimum Gasteiger partial charge on any atom is -0.454 e. The Kier molecular flexibility index (Phi) is 3.44. The van der Waals surface area contributed by atoms with Gasteiger partial charge in [0.25, 0.3) is 0 Å². The van der Waals surface area contributed by atoms with Crippen molar-refractivity contribution in [3.05, 3.63) is 29.5 Å². The van der Waals surface area contributed by atoms with E-state index in [9.17, 15) is 5.11 Å². The van der Waals surface area contributed by atoms with E-state index in [1.54, 1.807) is 12.3 Å². The molecule has 2 aliphatic rings. The van der Waals surface area contributed by atoms with Crippen LogP contribution in [0.1, 0.15) is 12.5 Å². The third-order valence-corrected chi connectivity index (χ3v) is 4.50. The van der Waals surface area contributed by atoms with Crippen LogP contribution in [0.4, 0.5) is 0 Å². The number of nitrogens with zero attached hydrogens (tertiary/aromatic N) is 2. The first-order valence-electron chi connectivity index (χ1n) is 7.23. The zero-order valence-electron chi connectivity index (χ0n) is 11.8. The molecule has 0 spiro atoms. The molecule has 6 nitrogen and oxygen atoms in total. The fourth-order valence-electron chi connectivity index (χ4n) is 3.05. The molecule has 0 unspecified atom stereocenters. The SMILES string of the molecule is OC[C@@H]1C[C@H](n2ccnc2-c2cc3c(cc2Cl)OCO3)CN1. The van der Waals surface area contributed by atoms with Crippen molar-refractivity contribution in [2.75, 3.05) is 19.9 Å². The summed E-state index contributed by atoms with van der Waals surface area (Å²) in [6.45, 7) is 1.16. The molecule has 0 saturated carbocycles. The van der Waals surface area contributed by atoms with Gasteiger partial charge >= 0.3 is 0 Å². The molecule has 116 valence electrons. The lowest BCUT2D eigenvalue weighted by atomic mass is 10.1. The van der Waals surface area contributed by atoms with Crippen molar-refractivity contribution in [2.24, 2.45) is 0 Å². The first-order chi connectivity index (χ1) is 10.8. The average Bonchev–Trinajstić information content (AvgIpc) is 3.25. The lowest BCUT2D eigenvalue weighted by molar-refractivity contribution is 0.174. The predicted molar refractivity (Wildman–Crippen MR) is 81.3 cm³/mol. The molecule has 1 saturated heterocycles. The zero-order valence-corrected chi connectivity index (χ0v) is 12.6. The maximum Gasteiger partial charge on any atom is 0.231 e. The van der Waals surface area contributed by atoms with Gasteiger partial charge in [-0.05, 0) is 12.5 Å². The number of hydrogen-bond donors (Lipinski definition) is 2. The molecule has 1 aromatic carbocycles. The van der Waals surface area contributed by atoms with Crippen molar-refractivity contribution in [2.45, 2.75) is 18.5 Å². The van der Waals surface area contributed by atoms with Gasteiger partial charge in [-0.25, -0.2) is 4.98 Å². The molecule has 1 aromatic heterocycles. The van der Waals surface area contributed by atoms with Crippen molar-refractivity contribution >= 4 is 11.6 Å². The maximum atomic E-state index is 9.28. The third kappa shape index (κ3) is 2.24. The molecule has 0 bridgehead atoms. The Morgan fingerprint density at radius 2 is 2.18 bits per heavy atom. The van der Waals surface area contributed by atoms with Crippen LogP contribution in [0, 0.1) is 0 Å². The second kappa shape index (κ2) is 5.46. The van der Waals surface area contributed by atoms with Crippen molar-refractivity contribution in [3.63, 3.8) is 0 Å².